The first-order valence-electron chi connectivity index (χ1n) is 22.1. The van der Waals surface area contributed by atoms with Crippen LogP contribution in [-0.4, -0.2) is 71.9 Å². The lowest BCUT2D eigenvalue weighted by Crippen LogP contribution is -2.55. The molecule has 10 nitrogen and oxygen atoms in total. The lowest BCUT2D eigenvalue weighted by atomic mass is 9.49. The summed E-state index contributed by atoms with van der Waals surface area (Å²) < 4.78 is 5.25. The molecule has 8 bridgehead atoms. The molecular weight excluding hydrogens is 736 g/mol. The third-order valence-electron chi connectivity index (χ3n) is 14.8. The fourth-order valence-electron chi connectivity index (χ4n) is 12.7. The van der Waals surface area contributed by atoms with Crippen LogP contribution in [0.2, 0.25) is 0 Å². The van der Waals surface area contributed by atoms with E-state index in [1.54, 1.807) is 4.90 Å². The van der Waals surface area contributed by atoms with Crippen molar-refractivity contribution in [3.63, 3.8) is 0 Å². The molecule has 8 aliphatic carbocycles. The number of nitrogens with one attached hydrogen (secondary N) is 1. The summed E-state index contributed by atoms with van der Waals surface area (Å²) in [6, 6.07) is 6.86. The first-order chi connectivity index (χ1) is 26.7. The minimum absolute atomic E-state index is 0. The number of piperidine rings is 3. The van der Waals surface area contributed by atoms with Crippen LogP contribution in [0, 0.1) is 98.1 Å². The molecule has 11 fully saturated rings. The predicted octanol–water partition coefficient (Wildman–Crippen LogP) is 9.24. The molecule has 11 rings (SSSR count). The highest BCUT2D eigenvalue weighted by molar-refractivity contribution is 6.64. The molecule has 11 heteroatoms. The van der Waals surface area contributed by atoms with Crippen molar-refractivity contribution < 1.29 is 19.1 Å². The molecule has 57 heavy (non-hydrogen) atoms. The molecule has 0 atom stereocenters. The first kappa shape index (κ1) is 45.2. The molecular formula is C46H71ClN6O4. The number of halogens is 1. The number of carbonyl (C=O) groups excluding carboxylic acids is 3. The third-order valence-corrected chi connectivity index (χ3v) is 15.2. The number of carbonyl (C=O) groups is 3. The molecule has 0 aromatic heterocycles. The van der Waals surface area contributed by atoms with Crippen LogP contribution >= 0.6 is 11.6 Å². The topological polar surface area (TPSA) is 150 Å². The quantitative estimate of drug-likeness (QED) is 0.272. The van der Waals surface area contributed by atoms with Crippen molar-refractivity contribution in [2.45, 2.75) is 149 Å². The molecule has 0 radical (unpaired) electrons. The van der Waals surface area contributed by atoms with Crippen LogP contribution < -0.4 is 5.32 Å². The van der Waals surface area contributed by atoms with Crippen LogP contribution in [0.25, 0.3) is 0 Å². The molecule has 0 unspecified atom stereocenters. The van der Waals surface area contributed by atoms with E-state index in [0.29, 0.717) is 24.9 Å². The summed E-state index contributed by atoms with van der Waals surface area (Å²) >= 11 is 5.76. The number of likely N-dealkylation sites (tertiary alicyclic amines) is 2. The fraction of sp³-hybridized carbons (Fsp3) is 0.870. The summed E-state index contributed by atoms with van der Waals surface area (Å²) in [6.45, 7) is 10.5. The second-order valence-corrected chi connectivity index (χ2v) is 20.7. The van der Waals surface area contributed by atoms with Gasteiger partial charge in [0.2, 0.25) is 11.1 Å². The summed E-state index contributed by atoms with van der Waals surface area (Å²) in [5, 5.41) is 29.3. The summed E-state index contributed by atoms with van der Waals surface area (Å²) in [5.41, 5.74) is -0.506. The van der Waals surface area contributed by atoms with Crippen molar-refractivity contribution in [1.29, 1.82) is 15.8 Å². The number of amides is 2. The second-order valence-electron chi connectivity index (χ2n) is 20.4. The van der Waals surface area contributed by atoms with Gasteiger partial charge in [-0.3, -0.25) is 9.59 Å². The van der Waals surface area contributed by atoms with Crippen molar-refractivity contribution >= 4 is 28.8 Å². The molecule has 2 amide bonds. The fourth-order valence-corrected chi connectivity index (χ4v) is 13.0. The maximum atomic E-state index is 13.1. The molecule has 0 aromatic rings. The zero-order valence-corrected chi connectivity index (χ0v) is 35.2. The van der Waals surface area contributed by atoms with Gasteiger partial charge in [-0.15, -0.1) is 0 Å². The van der Waals surface area contributed by atoms with E-state index in [4.69, 9.17) is 32.1 Å². The van der Waals surface area contributed by atoms with Crippen LogP contribution in [0.5, 0.6) is 0 Å². The van der Waals surface area contributed by atoms with Gasteiger partial charge in [0.05, 0.1) is 23.6 Å². The molecule has 0 aromatic carbocycles. The molecule has 8 saturated carbocycles. The van der Waals surface area contributed by atoms with E-state index in [0.717, 1.165) is 139 Å². The Bertz CT molecular complexity index is 1450. The zero-order chi connectivity index (χ0) is 40.1. The van der Waals surface area contributed by atoms with Crippen molar-refractivity contribution in [2.75, 3.05) is 39.3 Å². The lowest BCUT2D eigenvalue weighted by molar-refractivity contribution is -0.158. The van der Waals surface area contributed by atoms with Crippen molar-refractivity contribution in [3.8, 4) is 18.2 Å². The normalized spacial score (nSPS) is 35.2. The van der Waals surface area contributed by atoms with Crippen molar-refractivity contribution in [3.05, 3.63) is 0 Å². The maximum absolute atomic E-state index is 13.1. The summed E-state index contributed by atoms with van der Waals surface area (Å²) in [7, 11) is 0. The Kier molecular flexibility index (Phi) is 15.4. The average Bonchev–Trinajstić information content (AvgIpc) is 3.17. The monoisotopic (exact) mass is 807 g/mol. The van der Waals surface area contributed by atoms with E-state index in [-0.39, 0.29) is 41.4 Å². The first-order valence-corrected chi connectivity index (χ1v) is 22.5. The summed E-state index contributed by atoms with van der Waals surface area (Å²) in [4.78, 5) is 40.0. The van der Waals surface area contributed by atoms with Crippen LogP contribution in [0.1, 0.15) is 144 Å². The van der Waals surface area contributed by atoms with Crippen LogP contribution in [0.4, 0.5) is 4.79 Å². The van der Waals surface area contributed by atoms with E-state index in [9.17, 15) is 14.4 Å². The van der Waals surface area contributed by atoms with Gasteiger partial charge in [-0.05, 0) is 197 Å². The number of nitrogens with zero attached hydrogens (tertiary/aromatic N) is 5. The highest BCUT2D eigenvalue weighted by Crippen LogP contribution is 2.62. The van der Waals surface area contributed by atoms with Gasteiger partial charge in [-0.2, -0.15) is 15.8 Å². The van der Waals surface area contributed by atoms with Crippen molar-refractivity contribution in [1.82, 2.24) is 15.1 Å². The van der Waals surface area contributed by atoms with Crippen LogP contribution in [0.3, 0.4) is 0 Å². The number of hydrogen-bond donors (Lipinski definition) is 1. The zero-order valence-electron chi connectivity index (χ0n) is 34.4. The highest BCUT2D eigenvalue weighted by atomic mass is 35.5. The smallest absolute Gasteiger partial charge is 0.410 e. The van der Waals surface area contributed by atoms with Gasteiger partial charge in [0.1, 0.15) is 5.60 Å². The van der Waals surface area contributed by atoms with E-state index < -0.39 is 5.60 Å². The van der Waals surface area contributed by atoms with E-state index in [2.05, 4.69) is 28.4 Å². The largest absolute Gasteiger partial charge is 0.444 e. The molecule has 3 heterocycles. The molecule has 0 spiro atoms. The predicted molar refractivity (Wildman–Crippen MR) is 221 cm³/mol. The minimum Gasteiger partial charge on any atom is -0.444 e. The molecule has 1 N–H and O–H groups in total. The van der Waals surface area contributed by atoms with E-state index >= 15 is 0 Å². The SMILES string of the molecule is C.CC(C)(C)OC(=O)N1CCC(C#N)CC1.N#CC1CCN(C(=O)C23CC4CC(CC(C4)C2)C3)CC1.N#CC1CCNCC1.O=C(Cl)C12CC3CC(CC(C3)C1)C2. The minimum atomic E-state index is -0.441. The van der Waals surface area contributed by atoms with Gasteiger partial charge in [-0.1, -0.05) is 7.43 Å². The Morgan fingerprint density at radius 1 is 0.596 bits per heavy atom. The molecule has 3 saturated heterocycles. The Morgan fingerprint density at radius 3 is 1.25 bits per heavy atom. The van der Waals surface area contributed by atoms with Gasteiger partial charge in [0.25, 0.3) is 0 Å². The second kappa shape index (κ2) is 19.5. The average molecular weight is 808 g/mol. The number of rotatable bonds is 2. The summed E-state index contributed by atoms with van der Waals surface area (Å²) in [6.07, 6.45) is 20.2. The highest BCUT2D eigenvalue weighted by Gasteiger charge is 2.56. The Hall–Kier alpha value is -2.87. The molecule has 11 aliphatic rings. The number of nitriles is 3. The van der Waals surface area contributed by atoms with Crippen LogP contribution in [0.15, 0.2) is 0 Å². The molecule has 3 aliphatic heterocycles. The Labute approximate surface area is 348 Å². The Morgan fingerprint density at radius 2 is 0.930 bits per heavy atom. The van der Waals surface area contributed by atoms with E-state index in [1.165, 1.54) is 38.5 Å². The van der Waals surface area contributed by atoms with Crippen LogP contribution in [-0.2, 0) is 14.3 Å². The van der Waals surface area contributed by atoms with E-state index in [1.807, 2.05) is 20.8 Å². The van der Waals surface area contributed by atoms with Gasteiger partial charge in [0, 0.05) is 49.3 Å². The third kappa shape index (κ3) is 11.5. The van der Waals surface area contributed by atoms with Gasteiger partial charge in [0.15, 0.2) is 0 Å². The van der Waals surface area contributed by atoms with Gasteiger partial charge >= 0.3 is 6.09 Å². The number of ether oxygens (including phenoxy) is 1. The standard InChI is InChI=1S/C17H24N2O.C11H15ClO.C11H18N2O2.C6H10N2.CH4/c18-11-12-1-3-19(4-2-12)16(20)17-8-13-5-14(9-17)7-15(6-13)10-17;12-10(13)11-4-7-1-8(5-11)3-9(2-7)6-11;1-11(2,3)15-10(14)13-6-4-9(8-12)5-7-13;7-5-6-1-3-8-4-2-6;/h12-15H,1-10H2;7-9H,1-6H2;9H,4-7H2,1-3H3;6,8H,1-4H2;1H4. The number of hydrogen-bond acceptors (Lipinski definition) is 8. The summed E-state index contributed by atoms with van der Waals surface area (Å²) in [5.74, 6) is 6.05. The van der Waals surface area contributed by atoms with Gasteiger partial charge in [-0.25, -0.2) is 4.79 Å². The van der Waals surface area contributed by atoms with Gasteiger partial charge < -0.3 is 19.9 Å². The Balaban J connectivity index is 0.000000151. The lowest BCUT2D eigenvalue weighted by Gasteiger charge is -2.57. The van der Waals surface area contributed by atoms with Crippen molar-refractivity contribution in [2.24, 2.45) is 64.1 Å². The molecule has 316 valence electrons. The maximum Gasteiger partial charge on any atom is 0.410 e.